The number of H-pyrrole nitrogens is 1. The Balaban J connectivity index is 3.34. The van der Waals surface area contributed by atoms with E-state index in [1.54, 1.807) is 13.8 Å². The Bertz CT molecular complexity index is 576. The summed E-state index contributed by atoms with van der Waals surface area (Å²) in [4.78, 5) is 43.2. The van der Waals surface area contributed by atoms with Gasteiger partial charge in [-0.3, -0.25) is 14.7 Å². The first-order chi connectivity index (χ1) is 9.03. The number of aromatic amines is 1. The van der Waals surface area contributed by atoms with Gasteiger partial charge in [0.2, 0.25) is 11.9 Å². The maximum Gasteiger partial charge on any atom is 0.355 e. The average Bonchev–Trinajstić information content (AvgIpc) is 2.22. The lowest BCUT2D eigenvalue weighted by molar-refractivity contribution is -0.116. The molecule has 0 aliphatic rings. The number of anilines is 1. The Morgan fingerprint density at radius 2 is 1.90 bits per heavy atom. The van der Waals surface area contributed by atoms with Crippen molar-refractivity contribution in [3.05, 3.63) is 21.0 Å². The fourth-order valence-corrected chi connectivity index (χ4v) is 1.81. The summed E-state index contributed by atoms with van der Waals surface area (Å²) in [5, 5.41) is 0. The Kier molecular flexibility index (Phi) is 4.52. The van der Waals surface area contributed by atoms with Gasteiger partial charge in [0.1, 0.15) is 0 Å². The summed E-state index contributed by atoms with van der Waals surface area (Å²) in [5.74, 6) is -0.274. The van der Waals surface area contributed by atoms with Gasteiger partial charge in [-0.15, -0.1) is 0 Å². The van der Waals surface area contributed by atoms with E-state index >= 15 is 0 Å². The second-order valence-corrected chi connectivity index (χ2v) is 6.28. The van der Waals surface area contributed by atoms with Crippen molar-refractivity contribution in [1.82, 2.24) is 14.5 Å². The molecule has 0 radical (unpaired) electrons. The molecule has 1 N–H and O–H groups in total. The number of carbonyl (C=O) groups excluding carboxylic acids is 1. The van der Waals surface area contributed by atoms with Crippen molar-refractivity contribution in [2.45, 2.75) is 47.6 Å². The Morgan fingerprint density at radius 3 is 2.25 bits per heavy atom. The third kappa shape index (κ3) is 3.79. The SMILES string of the molecule is CC(=O)N(CC(C)(C)C)c1nc(=O)n(C(C)C)c(=O)[nH]1. The van der Waals surface area contributed by atoms with Crippen LogP contribution in [-0.4, -0.2) is 27.0 Å². The third-order valence-electron chi connectivity index (χ3n) is 2.63. The number of hydrogen-bond acceptors (Lipinski definition) is 4. The molecule has 0 fully saturated rings. The fraction of sp³-hybridized carbons (Fsp3) is 0.692. The Hall–Kier alpha value is -1.92. The molecule has 0 aromatic carbocycles. The number of nitrogens with zero attached hydrogens (tertiary/aromatic N) is 3. The first-order valence-corrected chi connectivity index (χ1v) is 6.54. The second-order valence-electron chi connectivity index (χ2n) is 6.28. The largest absolute Gasteiger partial charge is 0.355 e. The Labute approximate surface area is 117 Å². The van der Waals surface area contributed by atoms with Crippen molar-refractivity contribution >= 4 is 11.9 Å². The van der Waals surface area contributed by atoms with Crippen LogP contribution in [0.4, 0.5) is 5.95 Å². The quantitative estimate of drug-likeness (QED) is 0.892. The van der Waals surface area contributed by atoms with Gasteiger partial charge in [0.05, 0.1) is 0 Å². The molecule has 1 rings (SSSR count). The van der Waals surface area contributed by atoms with Gasteiger partial charge in [0, 0.05) is 19.5 Å². The van der Waals surface area contributed by atoms with Gasteiger partial charge in [0.15, 0.2) is 0 Å². The molecular weight excluding hydrogens is 260 g/mol. The molecule has 1 aromatic rings. The first-order valence-electron chi connectivity index (χ1n) is 6.54. The minimum atomic E-state index is -0.654. The van der Waals surface area contributed by atoms with Gasteiger partial charge in [-0.05, 0) is 19.3 Å². The van der Waals surface area contributed by atoms with E-state index in [0.29, 0.717) is 6.54 Å². The highest BCUT2D eigenvalue weighted by Gasteiger charge is 2.23. The average molecular weight is 282 g/mol. The van der Waals surface area contributed by atoms with E-state index in [-0.39, 0.29) is 23.3 Å². The van der Waals surface area contributed by atoms with Gasteiger partial charge < -0.3 is 0 Å². The van der Waals surface area contributed by atoms with Crippen LogP contribution in [0.5, 0.6) is 0 Å². The van der Waals surface area contributed by atoms with E-state index in [4.69, 9.17) is 0 Å². The summed E-state index contributed by atoms with van der Waals surface area (Å²) in [6, 6.07) is -0.291. The highest BCUT2D eigenvalue weighted by molar-refractivity contribution is 5.89. The lowest BCUT2D eigenvalue weighted by Gasteiger charge is -2.27. The molecular formula is C13H22N4O3. The summed E-state index contributed by atoms with van der Waals surface area (Å²) in [5.41, 5.74) is -1.40. The molecule has 0 aliphatic heterocycles. The Morgan fingerprint density at radius 1 is 1.35 bits per heavy atom. The maximum atomic E-state index is 11.9. The molecule has 112 valence electrons. The van der Waals surface area contributed by atoms with Crippen molar-refractivity contribution in [2.24, 2.45) is 5.41 Å². The molecule has 1 aromatic heterocycles. The van der Waals surface area contributed by atoms with Crippen molar-refractivity contribution in [2.75, 3.05) is 11.4 Å². The zero-order chi connectivity index (χ0) is 15.7. The molecule has 7 nitrogen and oxygen atoms in total. The summed E-state index contributed by atoms with van der Waals surface area (Å²) in [6.07, 6.45) is 0. The van der Waals surface area contributed by atoms with Crippen molar-refractivity contribution in [3.63, 3.8) is 0 Å². The van der Waals surface area contributed by atoms with E-state index in [2.05, 4.69) is 9.97 Å². The number of amides is 1. The molecule has 20 heavy (non-hydrogen) atoms. The van der Waals surface area contributed by atoms with E-state index in [9.17, 15) is 14.4 Å². The standard InChI is InChI=1S/C13H22N4O3/c1-8(2)17-11(19)14-10(15-12(17)20)16(9(3)18)7-13(4,5)6/h8H,7H2,1-6H3,(H,14,15,19,20). The van der Waals surface area contributed by atoms with Crippen LogP contribution in [0.25, 0.3) is 0 Å². The first kappa shape index (κ1) is 16.1. The van der Waals surface area contributed by atoms with Gasteiger partial charge in [0.25, 0.3) is 0 Å². The van der Waals surface area contributed by atoms with Crippen LogP contribution in [0.2, 0.25) is 0 Å². The molecule has 0 spiro atoms. The van der Waals surface area contributed by atoms with Crippen molar-refractivity contribution < 1.29 is 4.79 Å². The van der Waals surface area contributed by atoms with Crippen molar-refractivity contribution in [1.29, 1.82) is 0 Å². The predicted octanol–water partition coefficient (Wildman–Crippen LogP) is 0.911. The number of nitrogens with one attached hydrogen (secondary N) is 1. The maximum absolute atomic E-state index is 11.9. The smallest absolute Gasteiger partial charge is 0.282 e. The number of carbonyl (C=O) groups is 1. The summed E-state index contributed by atoms with van der Waals surface area (Å²) >= 11 is 0. The van der Waals surface area contributed by atoms with Crippen LogP contribution >= 0.6 is 0 Å². The molecule has 1 heterocycles. The topological polar surface area (TPSA) is 88.1 Å². The normalized spacial score (nSPS) is 11.8. The van der Waals surface area contributed by atoms with Crippen LogP contribution in [0, 0.1) is 5.41 Å². The van der Waals surface area contributed by atoms with Crippen LogP contribution in [0.1, 0.15) is 47.6 Å². The molecule has 1 amide bonds. The zero-order valence-corrected chi connectivity index (χ0v) is 12.9. The lowest BCUT2D eigenvalue weighted by Crippen LogP contribution is -2.44. The molecule has 0 saturated heterocycles. The molecule has 7 heteroatoms. The molecule has 0 unspecified atom stereocenters. The fourth-order valence-electron chi connectivity index (χ4n) is 1.81. The van der Waals surface area contributed by atoms with E-state index in [1.165, 1.54) is 11.8 Å². The molecule has 0 aliphatic carbocycles. The predicted molar refractivity (Wildman–Crippen MR) is 77.0 cm³/mol. The highest BCUT2D eigenvalue weighted by atomic mass is 16.2. The molecule has 0 saturated carbocycles. The number of hydrogen-bond donors (Lipinski definition) is 1. The summed E-state index contributed by atoms with van der Waals surface area (Å²) in [6.45, 7) is 11.0. The zero-order valence-electron chi connectivity index (χ0n) is 12.9. The highest BCUT2D eigenvalue weighted by Crippen LogP contribution is 2.17. The van der Waals surface area contributed by atoms with Crippen LogP contribution in [0.3, 0.4) is 0 Å². The molecule has 0 bridgehead atoms. The van der Waals surface area contributed by atoms with E-state index < -0.39 is 11.4 Å². The molecule has 0 atom stereocenters. The lowest BCUT2D eigenvalue weighted by atomic mass is 9.96. The van der Waals surface area contributed by atoms with Gasteiger partial charge >= 0.3 is 11.4 Å². The van der Waals surface area contributed by atoms with E-state index in [1.807, 2.05) is 20.8 Å². The minimum absolute atomic E-state index is 0.000625. The van der Waals surface area contributed by atoms with Gasteiger partial charge in [-0.1, -0.05) is 20.8 Å². The second kappa shape index (κ2) is 5.60. The van der Waals surface area contributed by atoms with Crippen LogP contribution < -0.4 is 16.3 Å². The number of rotatable bonds is 3. The third-order valence-corrected chi connectivity index (χ3v) is 2.63. The van der Waals surface area contributed by atoms with Crippen molar-refractivity contribution in [3.8, 4) is 0 Å². The summed E-state index contributed by atoms with van der Waals surface area (Å²) < 4.78 is 1.01. The van der Waals surface area contributed by atoms with E-state index in [0.717, 1.165) is 4.57 Å². The minimum Gasteiger partial charge on any atom is -0.282 e. The van der Waals surface area contributed by atoms with Gasteiger partial charge in [-0.25, -0.2) is 14.2 Å². The van der Waals surface area contributed by atoms with Crippen LogP contribution in [0.15, 0.2) is 9.59 Å². The summed E-state index contributed by atoms with van der Waals surface area (Å²) in [7, 11) is 0. The van der Waals surface area contributed by atoms with Gasteiger partial charge in [-0.2, -0.15) is 4.98 Å². The monoisotopic (exact) mass is 282 g/mol. The number of aromatic nitrogens is 3. The van der Waals surface area contributed by atoms with Crippen LogP contribution in [-0.2, 0) is 4.79 Å².